The molecule has 7 nitrogen and oxygen atoms in total. The summed E-state index contributed by atoms with van der Waals surface area (Å²) < 4.78 is 9.81. The van der Waals surface area contributed by atoms with Crippen LogP contribution in [0.25, 0.3) is 0 Å². The normalized spacial score (nSPS) is 14.0. The number of thioether (sulfide) groups is 1. The Hall–Kier alpha value is -1.44. The van der Waals surface area contributed by atoms with E-state index in [1.807, 2.05) is 20.8 Å². The molecule has 8 heteroatoms. The Morgan fingerprint density at radius 3 is 2.13 bits per heavy atom. The van der Waals surface area contributed by atoms with Gasteiger partial charge in [0.2, 0.25) is 0 Å². The number of carboxylic acid groups (broad SMARTS) is 1. The van der Waals surface area contributed by atoms with Crippen LogP contribution in [-0.4, -0.2) is 46.0 Å². The molecule has 0 saturated heterocycles. The van der Waals surface area contributed by atoms with Crippen LogP contribution < -0.4 is 5.32 Å². The number of ether oxygens (including phenoxy) is 2. The Morgan fingerprint density at radius 1 is 1.17 bits per heavy atom. The lowest BCUT2D eigenvalue weighted by atomic mass is 10.2. The molecule has 134 valence electrons. The number of amides is 1. The molecule has 0 spiro atoms. The van der Waals surface area contributed by atoms with E-state index in [0.717, 1.165) is 0 Å². The molecular weight excluding hydrogens is 322 g/mol. The number of carbonyl (C=O) groups is 3. The Morgan fingerprint density at radius 2 is 1.74 bits per heavy atom. The van der Waals surface area contributed by atoms with Crippen molar-refractivity contribution in [3.63, 3.8) is 0 Å². The standard InChI is InChI=1S/C15H27NO6S/c1-7-11(17)21-13(9(2)3)22-14(20)16-8-10(12(18)19)23-15(4,5)6/h9-10,13H,7-8H2,1-6H3,(H,16,20)(H,18,19)/t10-,13+/m0/s1. The molecule has 23 heavy (non-hydrogen) atoms. The first-order valence-corrected chi connectivity index (χ1v) is 8.38. The zero-order valence-electron chi connectivity index (χ0n) is 14.5. The molecule has 2 N–H and O–H groups in total. The summed E-state index contributed by atoms with van der Waals surface area (Å²) in [4.78, 5) is 34.3. The van der Waals surface area contributed by atoms with Crippen LogP contribution in [0.3, 0.4) is 0 Å². The van der Waals surface area contributed by atoms with Gasteiger partial charge < -0.3 is 19.9 Å². The number of carboxylic acids is 1. The number of hydrogen-bond donors (Lipinski definition) is 2. The first kappa shape index (κ1) is 21.6. The second kappa shape index (κ2) is 9.64. The number of nitrogens with one attached hydrogen (secondary N) is 1. The number of esters is 1. The van der Waals surface area contributed by atoms with E-state index in [0.29, 0.717) is 0 Å². The SMILES string of the molecule is CCC(=O)O[C@H](OC(=O)NC[C@H](SC(C)(C)C)C(=O)O)C(C)C. The lowest BCUT2D eigenvalue weighted by Gasteiger charge is -2.24. The molecule has 0 fully saturated rings. The maximum Gasteiger partial charge on any atom is 0.410 e. The molecule has 0 aliphatic heterocycles. The van der Waals surface area contributed by atoms with Gasteiger partial charge >= 0.3 is 18.0 Å². The van der Waals surface area contributed by atoms with Gasteiger partial charge in [0.05, 0.1) is 0 Å². The van der Waals surface area contributed by atoms with Gasteiger partial charge in [0, 0.05) is 23.6 Å². The van der Waals surface area contributed by atoms with Crippen molar-refractivity contribution in [3.05, 3.63) is 0 Å². The van der Waals surface area contributed by atoms with Crippen LogP contribution in [0.4, 0.5) is 4.79 Å². The highest BCUT2D eigenvalue weighted by molar-refractivity contribution is 8.01. The summed E-state index contributed by atoms with van der Waals surface area (Å²) in [5.74, 6) is -1.69. The summed E-state index contributed by atoms with van der Waals surface area (Å²) in [5.41, 5.74) is 0. The number of aliphatic carboxylic acids is 1. The quantitative estimate of drug-likeness (QED) is 0.513. The summed E-state index contributed by atoms with van der Waals surface area (Å²) in [6.45, 7) is 10.7. The molecule has 0 unspecified atom stereocenters. The minimum absolute atomic E-state index is 0.0807. The van der Waals surface area contributed by atoms with Gasteiger partial charge in [-0.3, -0.25) is 9.59 Å². The van der Waals surface area contributed by atoms with Crippen molar-refractivity contribution >= 4 is 29.8 Å². The number of carbonyl (C=O) groups excluding carboxylic acids is 2. The van der Waals surface area contributed by atoms with Crippen LogP contribution in [0.1, 0.15) is 48.0 Å². The predicted octanol–water partition coefficient (Wildman–Crippen LogP) is 2.63. The lowest BCUT2D eigenvalue weighted by molar-refractivity contribution is -0.174. The number of rotatable bonds is 8. The van der Waals surface area contributed by atoms with Gasteiger partial charge in [0.25, 0.3) is 6.29 Å². The van der Waals surface area contributed by atoms with Crippen molar-refractivity contribution in [2.45, 2.75) is 64.3 Å². The van der Waals surface area contributed by atoms with Crippen molar-refractivity contribution in [2.75, 3.05) is 6.54 Å². The Bertz CT molecular complexity index is 419. The number of alkyl carbamates (subject to hydrolysis) is 1. The van der Waals surface area contributed by atoms with Crippen LogP contribution in [0, 0.1) is 5.92 Å². The average molecular weight is 349 g/mol. The van der Waals surface area contributed by atoms with E-state index < -0.39 is 29.6 Å². The van der Waals surface area contributed by atoms with Crippen LogP contribution in [-0.2, 0) is 19.1 Å². The lowest BCUT2D eigenvalue weighted by Crippen LogP contribution is -2.40. The third kappa shape index (κ3) is 10.0. The molecule has 0 aliphatic carbocycles. The third-order valence-corrected chi connectivity index (χ3v) is 3.87. The van der Waals surface area contributed by atoms with Crippen LogP contribution in [0.5, 0.6) is 0 Å². The summed E-state index contributed by atoms with van der Waals surface area (Å²) in [6, 6.07) is 0. The first-order valence-electron chi connectivity index (χ1n) is 7.50. The van der Waals surface area contributed by atoms with Gasteiger partial charge in [0.1, 0.15) is 5.25 Å². The maximum absolute atomic E-state index is 11.8. The van der Waals surface area contributed by atoms with E-state index >= 15 is 0 Å². The van der Waals surface area contributed by atoms with E-state index in [4.69, 9.17) is 9.47 Å². The van der Waals surface area contributed by atoms with Gasteiger partial charge in [-0.1, -0.05) is 41.5 Å². The summed E-state index contributed by atoms with van der Waals surface area (Å²) in [7, 11) is 0. The highest BCUT2D eigenvalue weighted by Crippen LogP contribution is 2.28. The third-order valence-electron chi connectivity index (χ3n) is 2.51. The van der Waals surface area contributed by atoms with Crippen LogP contribution in [0.15, 0.2) is 0 Å². The molecule has 0 aliphatic rings. The highest BCUT2D eigenvalue weighted by atomic mass is 32.2. The second-order valence-corrected chi connectivity index (χ2v) is 8.33. The minimum Gasteiger partial charge on any atom is -0.480 e. The molecule has 0 radical (unpaired) electrons. The molecule has 0 rings (SSSR count). The molecule has 0 aromatic heterocycles. The molecule has 2 atom stereocenters. The monoisotopic (exact) mass is 349 g/mol. The maximum atomic E-state index is 11.8. The van der Waals surface area contributed by atoms with Gasteiger partial charge in [-0.2, -0.15) is 0 Å². The van der Waals surface area contributed by atoms with Crippen molar-refractivity contribution < 1.29 is 29.0 Å². The Kier molecular flexibility index (Phi) is 9.04. The van der Waals surface area contributed by atoms with Gasteiger partial charge in [-0.15, -0.1) is 11.8 Å². The van der Waals surface area contributed by atoms with Crippen LogP contribution >= 0.6 is 11.8 Å². The molecule has 0 bridgehead atoms. The summed E-state index contributed by atoms with van der Waals surface area (Å²) >= 11 is 1.24. The molecule has 0 heterocycles. The molecule has 0 aromatic rings. The smallest absolute Gasteiger partial charge is 0.410 e. The van der Waals surface area contributed by atoms with Crippen LogP contribution in [0.2, 0.25) is 0 Å². The van der Waals surface area contributed by atoms with Gasteiger partial charge in [-0.05, 0) is 0 Å². The predicted molar refractivity (Wildman–Crippen MR) is 88.3 cm³/mol. The summed E-state index contributed by atoms with van der Waals surface area (Å²) in [5, 5.41) is 10.8. The van der Waals surface area contributed by atoms with Crippen molar-refractivity contribution in [2.24, 2.45) is 5.92 Å². The summed E-state index contributed by atoms with van der Waals surface area (Å²) in [6.07, 6.45) is -1.63. The fourth-order valence-electron chi connectivity index (χ4n) is 1.44. The van der Waals surface area contributed by atoms with Crippen molar-refractivity contribution in [3.8, 4) is 0 Å². The largest absolute Gasteiger partial charge is 0.480 e. The fourth-order valence-corrected chi connectivity index (χ4v) is 2.56. The second-order valence-electron chi connectivity index (χ2n) is 6.30. The van der Waals surface area contributed by atoms with Crippen molar-refractivity contribution in [1.29, 1.82) is 0 Å². The average Bonchev–Trinajstić information content (AvgIpc) is 2.40. The zero-order chi connectivity index (χ0) is 18.2. The number of hydrogen-bond acceptors (Lipinski definition) is 6. The van der Waals surface area contributed by atoms with Gasteiger partial charge in [-0.25, -0.2) is 4.79 Å². The fraction of sp³-hybridized carbons (Fsp3) is 0.800. The molecule has 1 amide bonds. The molecule has 0 saturated carbocycles. The topological polar surface area (TPSA) is 102 Å². The van der Waals surface area contributed by atoms with E-state index in [1.165, 1.54) is 11.8 Å². The van der Waals surface area contributed by atoms with Crippen molar-refractivity contribution in [1.82, 2.24) is 5.32 Å². The molecule has 0 aromatic carbocycles. The van der Waals surface area contributed by atoms with E-state index in [-0.39, 0.29) is 23.6 Å². The first-order chi connectivity index (χ1) is 10.5. The molecular formula is C15H27NO6S. The Labute approximate surface area is 141 Å². The zero-order valence-corrected chi connectivity index (χ0v) is 15.4. The van der Waals surface area contributed by atoms with E-state index in [9.17, 15) is 19.5 Å². The Balaban J connectivity index is 4.54. The highest BCUT2D eigenvalue weighted by Gasteiger charge is 2.27. The minimum atomic E-state index is -1.01. The van der Waals surface area contributed by atoms with E-state index in [1.54, 1.807) is 20.8 Å². The van der Waals surface area contributed by atoms with Gasteiger partial charge in [0.15, 0.2) is 0 Å². The van der Waals surface area contributed by atoms with E-state index in [2.05, 4.69) is 5.32 Å².